The Morgan fingerprint density at radius 2 is 2.00 bits per heavy atom. The number of carbonyl (C=O) groups excluding carboxylic acids is 2. The highest BCUT2D eigenvalue weighted by Crippen LogP contribution is 2.38. The van der Waals surface area contributed by atoms with Crippen LogP contribution in [0.4, 0.5) is 4.79 Å². The number of urea groups is 1. The molecule has 1 fully saturated rings. The maximum Gasteiger partial charge on any atom is 0.317 e. The molecule has 7 heteroatoms. The molecular weight excluding hydrogens is 338 g/mol. The van der Waals surface area contributed by atoms with Crippen molar-refractivity contribution in [1.29, 1.82) is 0 Å². The summed E-state index contributed by atoms with van der Waals surface area (Å²) >= 11 is 1.61. The molecule has 3 amide bonds. The molecule has 1 N–H and O–H groups in total. The minimum absolute atomic E-state index is 0.0162. The number of amides is 3. The Morgan fingerprint density at radius 3 is 2.56 bits per heavy atom. The van der Waals surface area contributed by atoms with E-state index in [-0.39, 0.29) is 22.9 Å². The number of carbonyl (C=O) groups is 2. The molecule has 1 heterocycles. The highest BCUT2D eigenvalue weighted by Gasteiger charge is 2.33. The Morgan fingerprint density at radius 1 is 1.36 bits per heavy atom. The number of likely N-dealkylation sites (N-methyl/N-ethyl adjacent to an activating group) is 1. The minimum atomic E-state index is -0.281. The maximum absolute atomic E-state index is 12.3. The second-order valence-corrected chi connectivity index (χ2v) is 8.19. The molecule has 1 aliphatic rings. The van der Waals surface area contributed by atoms with Gasteiger partial charge in [-0.05, 0) is 38.5 Å². The Hall–Kier alpha value is -1.89. The van der Waals surface area contributed by atoms with Gasteiger partial charge in [0, 0.05) is 25.7 Å². The second kappa shape index (κ2) is 7.99. The van der Waals surface area contributed by atoms with Crippen LogP contribution in [0.25, 0.3) is 0 Å². The summed E-state index contributed by atoms with van der Waals surface area (Å²) in [6.07, 6.45) is 0. The summed E-state index contributed by atoms with van der Waals surface area (Å²) in [5.41, 5.74) is 0.787. The van der Waals surface area contributed by atoms with Crippen LogP contribution in [0.1, 0.15) is 31.7 Å². The summed E-state index contributed by atoms with van der Waals surface area (Å²) in [6.45, 7) is 6.83. The van der Waals surface area contributed by atoms with Gasteiger partial charge in [0.2, 0.25) is 5.91 Å². The van der Waals surface area contributed by atoms with Crippen LogP contribution in [0.3, 0.4) is 0 Å². The molecule has 0 bridgehead atoms. The van der Waals surface area contributed by atoms with E-state index in [1.807, 2.05) is 49.9 Å². The Bertz CT molecular complexity index is 613. The summed E-state index contributed by atoms with van der Waals surface area (Å²) in [5.74, 6) is 1.37. The van der Waals surface area contributed by atoms with Crippen molar-refractivity contribution in [1.82, 2.24) is 15.1 Å². The molecule has 6 nitrogen and oxygen atoms in total. The quantitative estimate of drug-likeness (QED) is 0.871. The highest BCUT2D eigenvalue weighted by molar-refractivity contribution is 8.00. The van der Waals surface area contributed by atoms with E-state index in [4.69, 9.17) is 4.74 Å². The van der Waals surface area contributed by atoms with Gasteiger partial charge < -0.3 is 19.9 Å². The molecule has 1 saturated heterocycles. The third-order valence-electron chi connectivity index (χ3n) is 3.87. The SMILES string of the molecule is COc1ccc(C2SCC(=O)N2CCN(C)C(=O)NC(C)(C)C)cc1. The number of nitrogens with zero attached hydrogens (tertiary/aromatic N) is 2. The molecule has 2 rings (SSSR count). The Labute approximate surface area is 153 Å². The van der Waals surface area contributed by atoms with Gasteiger partial charge in [0.25, 0.3) is 0 Å². The van der Waals surface area contributed by atoms with Gasteiger partial charge in [0.1, 0.15) is 11.1 Å². The van der Waals surface area contributed by atoms with Crippen LogP contribution in [0.2, 0.25) is 0 Å². The number of benzene rings is 1. The van der Waals surface area contributed by atoms with Crippen molar-refractivity contribution >= 4 is 23.7 Å². The molecule has 1 aromatic rings. The van der Waals surface area contributed by atoms with Crippen molar-refractivity contribution in [3.63, 3.8) is 0 Å². The van der Waals surface area contributed by atoms with E-state index in [9.17, 15) is 9.59 Å². The van der Waals surface area contributed by atoms with E-state index in [2.05, 4.69) is 5.32 Å². The molecule has 0 saturated carbocycles. The standard InChI is InChI=1S/C18H27N3O3S/c1-18(2,3)19-17(23)20(4)10-11-21-15(22)12-25-16(21)13-6-8-14(24-5)9-7-13/h6-9,16H,10-12H2,1-5H3,(H,19,23). The fraction of sp³-hybridized carbons (Fsp3) is 0.556. The number of thioether (sulfide) groups is 1. The third kappa shape index (κ3) is 5.29. The summed E-state index contributed by atoms with van der Waals surface area (Å²) in [5, 5.41) is 2.91. The van der Waals surface area contributed by atoms with E-state index in [1.165, 1.54) is 0 Å². The third-order valence-corrected chi connectivity index (χ3v) is 5.13. The molecule has 1 aromatic carbocycles. The lowest BCUT2D eigenvalue weighted by Gasteiger charge is -2.29. The lowest BCUT2D eigenvalue weighted by atomic mass is 10.1. The van der Waals surface area contributed by atoms with Crippen LogP contribution in [-0.2, 0) is 4.79 Å². The lowest BCUT2D eigenvalue weighted by molar-refractivity contribution is -0.128. The van der Waals surface area contributed by atoms with Crippen LogP contribution >= 0.6 is 11.8 Å². The summed E-state index contributed by atoms with van der Waals surface area (Å²) in [7, 11) is 3.38. The first-order valence-electron chi connectivity index (χ1n) is 8.29. The summed E-state index contributed by atoms with van der Waals surface area (Å²) < 4.78 is 5.19. The van der Waals surface area contributed by atoms with E-state index in [0.29, 0.717) is 18.8 Å². The van der Waals surface area contributed by atoms with Gasteiger partial charge in [0.05, 0.1) is 12.9 Å². The number of nitrogens with one attached hydrogen (secondary N) is 1. The van der Waals surface area contributed by atoms with Crippen LogP contribution < -0.4 is 10.1 Å². The minimum Gasteiger partial charge on any atom is -0.497 e. The summed E-state index contributed by atoms with van der Waals surface area (Å²) in [4.78, 5) is 27.9. The predicted octanol–water partition coefficient (Wildman–Crippen LogP) is 2.71. The van der Waals surface area contributed by atoms with Crippen LogP contribution in [0.15, 0.2) is 24.3 Å². The zero-order valence-electron chi connectivity index (χ0n) is 15.5. The van der Waals surface area contributed by atoms with Crippen LogP contribution in [0, 0.1) is 0 Å². The molecule has 1 atom stereocenters. The van der Waals surface area contributed by atoms with Crippen molar-refractivity contribution < 1.29 is 14.3 Å². The first kappa shape index (κ1) is 19.4. The van der Waals surface area contributed by atoms with Crippen molar-refractivity contribution in [2.24, 2.45) is 0 Å². The lowest BCUT2D eigenvalue weighted by Crippen LogP contribution is -2.49. The van der Waals surface area contributed by atoms with Crippen molar-refractivity contribution in [2.45, 2.75) is 31.7 Å². The zero-order chi connectivity index (χ0) is 18.6. The highest BCUT2D eigenvalue weighted by atomic mass is 32.2. The van der Waals surface area contributed by atoms with E-state index >= 15 is 0 Å². The van der Waals surface area contributed by atoms with Gasteiger partial charge >= 0.3 is 6.03 Å². The molecule has 1 unspecified atom stereocenters. The topological polar surface area (TPSA) is 61.9 Å². The number of ether oxygens (including phenoxy) is 1. The fourth-order valence-corrected chi connectivity index (χ4v) is 3.73. The molecule has 25 heavy (non-hydrogen) atoms. The number of hydrogen-bond donors (Lipinski definition) is 1. The molecule has 0 radical (unpaired) electrons. The van der Waals surface area contributed by atoms with E-state index < -0.39 is 0 Å². The largest absolute Gasteiger partial charge is 0.497 e. The molecular formula is C18H27N3O3S. The van der Waals surface area contributed by atoms with E-state index in [0.717, 1.165) is 11.3 Å². The van der Waals surface area contributed by atoms with Gasteiger partial charge in [-0.2, -0.15) is 0 Å². The predicted molar refractivity (Wildman–Crippen MR) is 101 cm³/mol. The smallest absolute Gasteiger partial charge is 0.317 e. The van der Waals surface area contributed by atoms with Crippen molar-refractivity contribution in [3.05, 3.63) is 29.8 Å². The number of rotatable bonds is 5. The molecule has 138 valence electrons. The van der Waals surface area contributed by atoms with Crippen molar-refractivity contribution in [2.75, 3.05) is 33.0 Å². The van der Waals surface area contributed by atoms with Crippen LogP contribution in [0.5, 0.6) is 5.75 Å². The average Bonchev–Trinajstić information content (AvgIpc) is 2.92. The Kier molecular flexibility index (Phi) is 6.21. The first-order valence-corrected chi connectivity index (χ1v) is 9.34. The number of methoxy groups -OCH3 is 1. The molecule has 0 aromatic heterocycles. The average molecular weight is 365 g/mol. The van der Waals surface area contributed by atoms with E-state index in [1.54, 1.807) is 30.8 Å². The number of hydrogen-bond acceptors (Lipinski definition) is 4. The monoisotopic (exact) mass is 365 g/mol. The second-order valence-electron chi connectivity index (χ2n) is 7.13. The normalized spacial score (nSPS) is 17.6. The van der Waals surface area contributed by atoms with Gasteiger partial charge in [0.15, 0.2) is 0 Å². The van der Waals surface area contributed by atoms with Crippen LogP contribution in [-0.4, -0.2) is 60.3 Å². The van der Waals surface area contributed by atoms with Gasteiger partial charge in [-0.1, -0.05) is 12.1 Å². The molecule has 0 spiro atoms. The Balaban J connectivity index is 1.98. The summed E-state index contributed by atoms with van der Waals surface area (Å²) in [6, 6.07) is 7.64. The maximum atomic E-state index is 12.3. The van der Waals surface area contributed by atoms with Gasteiger partial charge in [-0.15, -0.1) is 11.8 Å². The molecule has 0 aliphatic carbocycles. The van der Waals surface area contributed by atoms with Gasteiger partial charge in [-0.25, -0.2) is 4.79 Å². The molecule has 1 aliphatic heterocycles. The zero-order valence-corrected chi connectivity index (χ0v) is 16.4. The van der Waals surface area contributed by atoms with Crippen molar-refractivity contribution in [3.8, 4) is 5.75 Å². The van der Waals surface area contributed by atoms with Gasteiger partial charge in [-0.3, -0.25) is 4.79 Å². The fourth-order valence-electron chi connectivity index (χ4n) is 2.52. The first-order chi connectivity index (χ1) is 11.7.